The Morgan fingerprint density at radius 3 is 2.33 bits per heavy atom. The average molecular weight is 248 g/mol. The Kier molecular flexibility index (Phi) is 4.23. The van der Waals surface area contributed by atoms with Crippen molar-refractivity contribution in [3.05, 3.63) is 23.9 Å². The zero-order valence-corrected chi connectivity index (χ0v) is 11.6. The zero-order chi connectivity index (χ0) is 13.1. The molecule has 0 bridgehead atoms. The van der Waals surface area contributed by atoms with Crippen molar-refractivity contribution in [1.29, 1.82) is 0 Å². The minimum absolute atomic E-state index is 0.432. The first-order valence-corrected chi connectivity index (χ1v) is 6.97. The summed E-state index contributed by atoms with van der Waals surface area (Å²) in [5, 5.41) is 9.47. The highest BCUT2D eigenvalue weighted by molar-refractivity contribution is 5.40. The lowest BCUT2D eigenvalue weighted by Gasteiger charge is -2.34. The second kappa shape index (κ2) is 5.70. The summed E-state index contributed by atoms with van der Waals surface area (Å²) in [5.74, 6) is 2.69. The molecule has 0 aliphatic carbocycles. The number of hydrogen-bond acceptors (Lipinski definition) is 3. The number of aliphatic hydroxyl groups is 1. The van der Waals surface area contributed by atoms with Crippen molar-refractivity contribution >= 4 is 5.82 Å². The van der Waals surface area contributed by atoms with Gasteiger partial charge in [-0.05, 0) is 43.2 Å². The van der Waals surface area contributed by atoms with Gasteiger partial charge in [-0.1, -0.05) is 19.9 Å². The van der Waals surface area contributed by atoms with Crippen molar-refractivity contribution in [2.45, 2.75) is 39.7 Å². The zero-order valence-electron chi connectivity index (χ0n) is 11.6. The molecule has 0 saturated carbocycles. The topological polar surface area (TPSA) is 36.4 Å². The maximum absolute atomic E-state index is 9.47. The van der Waals surface area contributed by atoms with Crippen LogP contribution in [-0.2, 0) is 0 Å². The van der Waals surface area contributed by atoms with Crippen LogP contribution in [-0.4, -0.2) is 23.2 Å². The number of rotatable bonds is 3. The molecule has 2 rings (SSSR count). The highest BCUT2D eigenvalue weighted by Gasteiger charge is 2.22. The normalized spacial score (nSPS) is 19.3. The third-order valence-electron chi connectivity index (χ3n) is 4.06. The molecular formula is C15H24N2O. The van der Waals surface area contributed by atoms with Gasteiger partial charge in [-0.2, -0.15) is 0 Å². The van der Waals surface area contributed by atoms with Crippen molar-refractivity contribution in [2.75, 3.05) is 18.0 Å². The van der Waals surface area contributed by atoms with E-state index in [1.54, 1.807) is 13.1 Å². The molecule has 0 aromatic carbocycles. The monoisotopic (exact) mass is 248 g/mol. The van der Waals surface area contributed by atoms with Gasteiger partial charge in [0.05, 0.1) is 6.10 Å². The molecule has 0 amide bonds. The molecule has 3 heteroatoms. The van der Waals surface area contributed by atoms with E-state index in [0.29, 0.717) is 0 Å². The Hall–Kier alpha value is -1.09. The molecule has 1 aromatic heterocycles. The molecule has 1 aliphatic rings. The van der Waals surface area contributed by atoms with Gasteiger partial charge in [-0.25, -0.2) is 4.98 Å². The largest absolute Gasteiger partial charge is 0.389 e. The van der Waals surface area contributed by atoms with E-state index in [1.807, 2.05) is 12.1 Å². The summed E-state index contributed by atoms with van der Waals surface area (Å²) in [6.07, 6.45) is 3.88. The predicted molar refractivity (Wildman–Crippen MR) is 74.6 cm³/mol. The Labute approximate surface area is 110 Å². The summed E-state index contributed by atoms with van der Waals surface area (Å²) in [4.78, 5) is 6.81. The first-order valence-electron chi connectivity index (χ1n) is 6.97. The van der Waals surface area contributed by atoms with Gasteiger partial charge in [0.15, 0.2) is 0 Å². The van der Waals surface area contributed by atoms with Crippen LogP contribution in [0.5, 0.6) is 0 Å². The molecule has 1 saturated heterocycles. The Balaban J connectivity index is 1.97. The smallest absolute Gasteiger partial charge is 0.128 e. The van der Waals surface area contributed by atoms with Crippen LogP contribution in [0.15, 0.2) is 18.3 Å². The van der Waals surface area contributed by atoms with Gasteiger partial charge in [0.25, 0.3) is 0 Å². The van der Waals surface area contributed by atoms with Gasteiger partial charge in [-0.3, -0.25) is 0 Å². The maximum atomic E-state index is 9.47. The highest BCUT2D eigenvalue weighted by Crippen LogP contribution is 2.27. The van der Waals surface area contributed by atoms with Crippen molar-refractivity contribution in [3.63, 3.8) is 0 Å². The van der Waals surface area contributed by atoms with E-state index in [4.69, 9.17) is 0 Å². The summed E-state index contributed by atoms with van der Waals surface area (Å²) < 4.78 is 0. The Morgan fingerprint density at radius 2 is 1.89 bits per heavy atom. The third kappa shape index (κ3) is 3.02. The van der Waals surface area contributed by atoms with Crippen molar-refractivity contribution in [3.8, 4) is 0 Å². The number of aromatic nitrogens is 1. The van der Waals surface area contributed by atoms with Gasteiger partial charge in [0.2, 0.25) is 0 Å². The van der Waals surface area contributed by atoms with Gasteiger partial charge >= 0.3 is 0 Å². The maximum Gasteiger partial charge on any atom is 0.128 e. The minimum Gasteiger partial charge on any atom is -0.389 e. The van der Waals surface area contributed by atoms with Crippen LogP contribution in [0.2, 0.25) is 0 Å². The molecule has 3 nitrogen and oxygen atoms in total. The van der Waals surface area contributed by atoms with Gasteiger partial charge in [-0.15, -0.1) is 0 Å². The van der Waals surface area contributed by atoms with E-state index in [0.717, 1.165) is 36.3 Å². The second-order valence-corrected chi connectivity index (χ2v) is 5.69. The lowest BCUT2D eigenvalue weighted by atomic mass is 9.87. The minimum atomic E-state index is -0.432. The summed E-state index contributed by atoms with van der Waals surface area (Å²) in [6.45, 7) is 8.60. The van der Waals surface area contributed by atoms with Crippen LogP contribution in [0.3, 0.4) is 0 Å². The Morgan fingerprint density at radius 1 is 1.22 bits per heavy atom. The molecule has 2 heterocycles. The number of nitrogens with zero attached hydrogens (tertiary/aromatic N) is 2. The van der Waals surface area contributed by atoms with Crippen molar-refractivity contribution in [2.24, 2.45) is 11.8 Å². The first kappa shape index (κ1) is 13.3. The fraction of sp³-hybridized carbons (Fsp3) is 0.667. The van der Waals surface area contributed by atoms with Gasteiger partial charge in [0, 0.05) is 19.3 Å². The van der Waals surface area contributed by atoms with Gasteiger partial charge < -0.3 is 10.0 Å². The van der Waals surface area contributed by atoms with E-state index >= 15 is 0 Å². The van der Waals surface area contributed by atoms with Crippen LogP contribution >= 0.6 is 0 Å². The summed E-state index contributed by atoms with van der Waals surface area (Å²) in [7, 11) is 0. The highest BCUT2D eigenvalue weighted by atomic mass is 16.3. The number of piperidine rings is 1. The number of aliphatic hydroxyl groups excluding tert-OH is 1. The molecule has 1 N–H and O–H groups in total. The summed E-state index contributed by atoms with van der Waals surface area (Å²) in [5.41, 5.74) is 0.885. The molecule has 1 aliphatic heterocycles. The van der Waals surface area contributed by atoms with E-state index < -0.39 is 6.10 Å². The van der Waals surface area contributed by atoms with Crippen LogP contribution in [0.25, 0.3) is 0 Å². The van der Waals surface area contributed by atoms with Crippen LogP contribution in [0.4, 0.5) is 5.82 Å². The lowest BCUT2D eigenvalue weighted by molar-refractivity contribution is 0.199. The van der Waals surface area contributed by atoms with Gasteiger partial charge in [0.1, 0.15) is 5.82 Å². The average Bonchev–Trinajstić information content (AvgIpc) is 2.39. The molecule has 1 atom stereocenters. The fourth-order valence-corrected chi connectivity index (χ4v) is 2.63. The molecular weight excluding hydrogens is 224 g/mol. The second-order valence-electron chi connectivity index (χ2n) is 5.69. The first-order chi connectivity index (χ1) is 8.58. The van der Waals surface area contributed by atoms with Crippen LogP contribution < -0.4 is 4.90 Å². The van der Waals surface area contributed by atoms with E-state index in [2.05, 4.69) is 23.7 Å². The molecule has 0 unspecified atom stereocenters. The fourth-order valence-electron chi connectivity index (χ4n) is 2.63. The standard InChI is InChI=1S/C15H24N2O/c1-11(2)13-6-8-17(9-7-13)15-5-4-14(10-16-15)12(3)18/h4-5,10-13,18H,6-9H2,1-3H3/t12-/m0/s1. The van der Waals surface area contributed by atoms with Crippen molar-refractivity contribution in [1.82, 2.24) is 4.98 Å². The number of pyridine rings is 1. The predicted octanol–water partition coefficient (Wildman–Crippen LogP) is 3.01. The van der Waals surface area contributed by atoms with E-state index in [9.17, 15) is 5.11 Å². The summed E-state index contributed by atoms with van der Waals surface area (Å²) >= 11 is 0. The molecule has 18 heavy (non-hydrogen) atoms. The van der Waals surface area contributed by atoms with Crippen LogP contribution in [0.1, 0.15) is 45.3 Å². The van der Waals surface area contributed by atoms with E-state index in [-0.39, 0.29) is 0 Å². The number of hydrogen-bond donors (Lipinski definition) is 1. The third-order valence-corrected chi connectivity index (χ3v) is 4.06. The molecule has 1 aromatic rings. The number of anilines is 1. The molecule has 100 valence electrons. The summed E-state index contributed by atoms with van der Waals surface area (Å²) in [6, 6.07) is 4.00. The quantitative estimate of drug-likeness (QED) is 0.893. The molecule has 0 spiro atoms. The molecule has 1 fully saturated rings. The Bertz CT molecular complexity index is 365. The lowest BCUT2D eigenvalue weighted by Crippen LogP contribution is -2.35. The van der Waals surface area contributed by atoms with E-state index in [1.165, 1.54) is 12.8 Å². The van der Waals surface area contributed by atoms with Crippen molar-refractivity contribution < 1.29 is 5.11 Å². The van der Waals surface area contributed by atoms with Crippen LogP contribution in [0, 0.1) is 11.8 Å². The molecule has 0 radical (unpaired) electrons. The SMILES string of the molecule is CC(C)C1CCN(c2ccc([C@H](C)O)cn2)CC1.